The molecular formula is C12H18N2O5S. The number of nitro benzene ring substituents is 1. The van der Waals surface area contributed by atoms with Crippen LogP contribution in [0.5, 0.6) is 5.75 Å². The summed E-state index contributed by atoms with van der Waals surface area (Å²) in [7, 11) is -3.02. The predicted octanol–water partition coefficient (Wildman–Crippen LogP) is 1.13. The van der Waals surface area contributed by atoms with Gasteiger partial charge in [-0.2, -0.15) is 0 Å². The van der Waals surface area contributed by atoms with E-state index in [0.717, 1.165) is 6.26 Å². The van der Waals surface area contributed by atoms with E-state index in [1.807, 2.05) is 6.92 Å². The first kappa shape index (κ1) is 16.4. The summed E-state index contributed by atoms with van der Waals surface area (Å²) >= 11 is 0. The summed E-state index contributed by atoms with van der Waals surface area (Å²) in [6.45, 7) is 2.87. The average molecular weight is 302 g/mol. The normalized spacial score (nSPS) is 11.3. The highest BCUT2D eigenvalue weighted by atomic mass is 32.2. The number of nitro groups is 1. The molecule has 0 heterocycles. The Morgan fingerprint density at radius 2 is 2.10 bits per heavy atom. The average Bonchev–Trinajstić information content (AvgIpc) is 2.35. The SMILES string of the molecule is CCOc1ccc([N+](=O)[O-])cc1CNCCS(C)(=O)=O. The minimum Gasteiger partial charge on any atom is -0.494 e. The Hall–Kier alpha value is -1.67. The van der Waals surface area contributed by atoms with Crippen molar-refractivity contribution in [3.63, 3.8) is 0 Å². The highest BCUT2D eigenvalue weighted by molar-refractivity contribution is 7.90. The first-order chi connectivity index (χ1) is 9.33. The molecule has 0 atom stereocenters. The molecule has 0 aliphatic rings. The van der Waals surface area contributed by atoms with Crippen molar-refractivity contribution in [2.24, 2.45) is 0 Å². The van der Waals surface area contributed by atoms with Crippen molar-refractivity contribution in [3.8, 4) is 5.75 Å². The standard InChI is InChI=1S/C12H18N2O5S/c1-3-19-12-5-4-11(14(15)16)8-10(12)9-13-6-7-20(2,17)18/h4-5,8,13H,3,6-7,9H2,1-2H3. The van der Waals surface area contributed by atoms with Crippen LogP contribution < -0.4 is 10.1 Å². The van der Waals surface area contributed by atoms with E-state index >= 15 is 0 Å². The van der Waals surface area contributed by atoms with Crippen LogP contribution in [0.3, 0.4) is 0 Å². The highest BCUT2D eigenvalue weighted by Gasteiger charge is 2.11. The minimum atomic E-state index is -3.02. The molecule has 0 aliphatic carbocycles. The predicted molar refractivity (Wildman–Crippen MR) is 75.7 cm³/mol. The maximum absolute atomic E-state index is 11.0. The molecule has 0 saturated heterocycles. The van der Waals surface area contributed by atoms with Gasteiger partial charge in [-0.15, -0.1) is 0 Å². The van der Waals surface area contributed by atoms with Gasteiger partial charge in [0.1, 0.15) is 15.6 Å². The van der Waals surface area contributed by atoms with Crippen molar-refractivity contribution in [1.82, 2.24) is 5.32 Å². The fraction of sp³-hybridized carbons (Fsp3) is 0.500. The van der Waals surface area contributed by atoms with Crippen molar-refractivity contribution < 1.29 is 18.1 Å². The van der Waals surface area contributed by atoms with Gasteiger partial charge in [-0.05, 0) is 13.0 Å². The Labute approximate surface area is 118 Å². The Morgan fingerprint density at radius 1 is 1.40 bits per heavy atom. The summed E-state index contributed by atoms with van der Waals surface area (Å²) < 4.78 is 27.4. The van der Waals surface area contributed by atoms with E-state index in [4.69, 9.17) is 4.74 Å². The molecular weight excluding hydrogens is 284 g/mol. The summed E-state index contributed by atoms with van der Waals surface area (Å²) in [4.78, 5) is 10.3. The van der Waals surface area contributed by atoms with Gasteiger partial charge < -0.3 is 10.1 Å². The fourth-order valence-corrected chi connectivity index (χ4v) is 2.11. The smallest absolute Gasteiger partial charge is 0.270 e. The molecule has 20 heavy (non-hydrogen) atoms. The summed E-state index contributed by atoms with van der Waals surface area (Å²) in [6, 6.07) is 4.36. The lowest BCUT2D eigenvalue weighted by atomic mass is 10.1. The van der Waals surface area contributed by atoms with Crippen LogP contribution in [0.2, 0.25) is 0 Å². The van der Waals surface area contributed by atoms with Crippen LogP contribution in [-0.2, 0) is 16.4 Å². The minimum absolute atomic E-state index is 0.0197. The van der Waals surface area contributed by atoms with E-state index in [1.54, 1.807) is 6.07 Å². The quantitative estimate of drug-likeness (QED) is 0.439. The largest absolute Gasteiger partial charge is 0.494 e. The molecule has 1 aromatic carbocycles. The molecule has 0 aromatic heterocycles. The molecule has 0 fully saturated rings. The maximum atomic E-state index is 11.0. The van der Waals surface area contributed by atoms with E-state index in [2.05, 4.69) is 5.32 Å². The van der Waals surface area contributed by atoms with Crippen molar-refractivity contribution in [2.75, 3.05) is 25.2 Å². The van der Waals surface area contributed by atoms with E-state index in [1.165, 1.54) is 12.1 Å². The van der Waals surface area contributed by atoms with E-state index in [-0.39, 0.29) is 18.0 Å². The second-order valence-electron chi connectivity index (χ2n) is 4.29. The van der Waals surface area contributed by atoms with E-state index in [0.29, 0.717) is 24.5 Å². The third kappa shape index (κ3) is 5.54. The van der Waals surface area contributed by atoms with Crippen LogP contribution in [0, 0.1) is 10.1 Å². The topological polar surface area (TPSA) is 98.5 Å². The molecule has 0 aliphatic heterocycles. The number of nitrogens with one attached hydrogen (secondary N) is 1. The van der Waals surface area contributed by atoms with Crippen molar-refractivity contribution in [3.05, 3.63) is 33.9 Å². The highest BCUT2D eigenvalue weighted by Crippen LogP contribution is 2.24. The third-order valence-corrected chi connectivity index (χ3v) is 3.47. The number of hydrogen-bond acceptors (Lipinski definition) is 6. The fourth-order valence-electron chi connectivity index (χ4n) is 1.59. The first-order valence-corrected chi connectivity index (χ1v) is 8.18. The lowest BCUT2D eigenvalue weighted by Crippen LogP contribution is -2.22. The molecule has 8 heteroatoms. The maximum Gasteiger partial charge on any atom is 0.270 e. The molecule has 0 saturated carbocycles. The van der Waals surface area contributed by atoms with Crippen LogP contribution >= 0.6 is 0 Å². The van der Waals surface area contributed by atoms with Gasteiger partial charge in [0.05, 0.1) is 17.3 Å². The molecule has 0 bridgehead atoms. The molecule has 0 radical (unpaired) electrons. The second kappa shape index (κ2) is 7.20. The van der Waals surface area contributed by atoms with E-state index in [9.17, 15) is 18.5 Å². The van der Waals surface area contributed by atoms with Gasteiger partial charge in [0.2, 0.25) is 0 Å². The second-order valence-corrected chi connectivity index (χ2v) is 6.55. The van der Waals surface area contributed by atoms with Crippen LogP contribution in [0.4, 0.5) is 5.69 Å². The number of nitrogens with zero attached hydrogens (tertiary/aromatic N) is 1. The zero-order chi connectivity index (χ0) is 15.2. The third-order valence-electron chi connectivity index (χ3n) is 2.52. The molecule has 1 N–H and O–H groups in total. The van der Waals surface area contributed by atoms with Gasteiger partial charge in [0.25, 0.3) is 5.69 Å². The van der Waals surface area contributed by atoms with Gasteiger partial charge in [-0.3, -0.25) is 10.1 Å². The van der Waals surface area contributed by atoms with Gasteiger partial charge in [-0.25, -0.2) is 8.42 Å². The van der Waals surface area contributed by atoms with Gasteiger partial charge in [-0.1, -0.05) is 0 Å². The Morgan fingerprint density at radius 3 is 2.65 bits per heavy atom. The molecule has 1 rings (SSSR count). The number of ether oxygens (including phenoxy) is 1. The van der Waals surface area contributed by atoms with Crippen LogP contribution in [-0.4, -0.2) is 38.5 Å². The lowest BCUT2D eigenvalue weighted by Gasteiger charge is -2.10. The number of hydrogen-bond donors (Lipinski definition) is 1. The number of benzene rings is 1. The molecule has 0 unspecified atom stereocenters. The lowest BCUT2D eigenvalue weighted by molar-refractivity contribution is -0.384. The van der Waals surface area contributed by atoms with E-state index < -0.39 is 14.8 Å². The summed E-state index contributed by atoms with van der Waals surface area (Å²) in [6.07, 6.45) is 1.16. The number of sulfone groups is 1. The van der Waals surface area contributed by atoms with Crippen molar-refractivity contribution in [1.29, 1.82) is 0 Å². The molecule has 7 nitrogen and oxygen atoms in total. The summed E-state index contributed by atoms with van der Waals surface area (Å²) in [5.74, 6) is 0.580. The zero-order valence-electron chi connectivity index (χ0n) is 11.5. The Bertz CT molecular complexity index is 571. The summed E-state index contributed by atoms with van der Waals surface area (Å²) in [5.41, 5.74) is 0.614. The van der Waals surface area contributed by atoms with Crippen molar-refractivity contribution in [2.45, 2.75) is 13.5 Å². The number of non-ortho nitro benzene ring substituents is 1. The van der Waals surface area contributed by atoms with Gasteiger partial charge in [0.15, 0.2) is 0 Å². The Kier molecular flexibility index (Phi) is 5.90. The molecule has 1 aromatic rings. The monoisotopic (exact) mass is 302 g/mol. The number of rotatable bonds is 8. The molecule has 0 spiro atoms. The van der Waals surface area contributed by atoms with Crippen molar-refractivity contribution >= 4 is 15.5 Å². The van der Waals surface area contributed by atoms with Gasteiger partial charge in [0, 0.05) is 37.0 Å². The van der Waals surface area contributed by atoms with Gasteiger partial charge >= 0.3 is 0 Å². The molecule has 0 amide bonds. The van der Waals surface area contributed by atoms with Crippen LogP contribution in [0.25, 0.3) is 0 Å². The van der Waals surface area contributed by atoms with Crippen LogP contribution in [0.15, 0.2) is 18.2 Å². The van der Waals surface area contributed by atoms with Crippen LogP contribution in [0.1, 0.15) is 12.5 Å². The molecule has 112 valence electrons. The zero-order valence-corrected chi connectivity index (χ0v) is 12.3. The summed E-state index contributed by atoms with van der Waals surface area (Å²) in [5, 5.41) is 13.7. The first-order valence-electron chi connectivity index (χ1n) is 6.12. The Balaban J connectivity index is 2.74.